The van der Waals surface area contributed by atoms with Crippen molar-refractivity contribution < 1.29 is 13.2 Å². The lowest BCUT2D eigenvalue weighted by atomic mass is 9.96. The summed E-state index contributed by atoms with van der Waals surface area (Å²) in [6, 6.07) is 17.1. The number of amides is 1. The number of fused-ring (bicyclic) bond motifs is 4. The molecule has 0 saturated carbocycles. The Labute approximate surface area is 271 Å². The van der Waals surface area contributed by atoms with E-state index >= 15 is 0 Å². The van der Waals surface area contributed by atoms with E-state index in [1.165, 1.54) is 12.4 Å². The summed E-state index contributed by atoms with van der Waals surface area (Å²) < 4.78 is 29.0. The predicted molar refractivity (Wildman–Crippen MR) is 179 cm³/mol. The van der Waals surface area contributed by atoms with Crippen LogP contribution in [0.4, 0.5) is 11.4 Å². The molecule has 2 bridgehead atoms. The fraction of sp³-hybridized carbons (Fsp3) is 0.242. The lowest BCUT2D eigenvalue weighted by molar-refractivity contribution is -0.119. The summed E-state index contributed by atoms with van der Waals surface area (Å²) in [6.45, 7) is 1.89. The van der Waals surface area contributed by atoms with Gasteiger partial charge in [0.2, 0.25) is 15.9 Å². The molecule has 0 radical (unpaired) electrons. The molecule has 13 heteroatoms. The third-order valence-corrected chi connectivity index (χ3v) is 8.92. The first kappa shape index (κ1) is 31.2. The van der Waals surface area contributed by atoms with Crippen LogP contribution in [0.15, 0.2) is 84.2 Å². The number of aromatic nitrogens is 5. The standard InChI is InChI=1S/C33H32ClN7O4S/c1-20-5-4-6-30(28-15-22(13-14-35-28)32-29(38-33(20)43)18-37-40(32)2)41-19-36-27(17-31(41)42)26-16-23(34)9-12-25(26)21-7-10-24(11-8-21)39-46(3,44)45/h7-20,30,39H,4-6H2,1-3H3,(H,38,43). The molecule has 2 aromatic carbocycles. The van der Waals surface area contributed by atoms with Gasteiger partial charge in [-0.05, 0) is 60.4 Å². The van der Waals surface area contributed by atoms with Crippen LogP contribution in [0.5, 0.6) is 0 Å². The van der Waals surface area contributed by atoms with Crippen molar-refractivity contribution in [2.45, 2.75) is 32.2 Å². The number of nitrogens with zero attached hydrogens (tertiary/aromatic N) is 5. The number of carbonyl (C=O) groups excluding carboxylic acids is 1. The van der Waals surface area contributed by atoms with Gasteiger partial charge in [-0.25, -0.2) is 13.4 Å². The van der Waals surface area contributed by atoms with E-state index in [4.69, 9.17) is 16.6 Å². The summed E-state index contributed by atoms with van der Waals surface area (Å²) in [7, 11) is -1.60. The highest BCUT2D eigenvalue weighted by molar-refractivity contribution is 7.92. The summed E-state index contributed by atoms with van der Waals surface area (Å²) in [5.74, 6) is -0.323. The molecule has 1 amide bonds. The minimum absolute atomic E-state index is 0.0811. The average molecular weight is 658 g/mol. The average Bonchev–Trinajstić information content (AvgIpc) is 3.38. The van der Waals surface area contributed by atoms with Gasteiger partial charge in [-0.15, -0.1) is 0 Å². The first-order valence-corrected chi connectivity index (χ1v) is 17.0. The molecule has 5 aromatic rings. The second-order valence-electron chi connectivity index (χ2n) is 11.5. The normalized spacial score (nSPS) is 16.9. The van der Waals surface area contributed by atoms with Gasteiger partial charge >= 0.3 is 0 Å². The quantitative estimate of drug-likeness (QED) is 0.245. The minimum atomic E-state index is -3.42. The fourth-order valence-electron chi connectivity index (χ4n) is 5.79. The Hall–Kier alpha value is -4.81. The van der Waals surface area contributed by atoms with Crippen LogP contribution < -0.4 is 15.6 Å². The Morgan fingerprint density at radius 1 is 0.957 bits per heavy atom. The highest BCUT2D eigenvalue weighted by atomic mass is 35.5. The van der Waals surface area contributed by atoms with Crippen molar-refractivity contribution in [1.29, 1.82) is 0 Å². The van der Waals surface area contributed by atoms with Crippen LogP contribution >= 0.6 is 11.6 Å². The maximum absolute atomic E-state index is 13.8. The smallest absolute Gasteiger partial charge is 0.254 e. The van der Waals surface area contributed by atoms with Gasteiger partial charge in [0.15, 0.2) is 0 Å². The number of halogens is 1. The summed E-state index contributed by atoms with van der Waals surface area (Å²) in [4.78, 5) is 36.2. The predicted octanol–water partition coefficient (Wildman–Crippen LogP) is 5.75. The Bertz CT molecular complexity index is 2110. The molecular formula is C33H32ClN7O4S. The summed E-state index contributed by atoms with van der Waals surface area (Å²) in [5.41, 5.74) is 5.73. The first-order chi connectivity index (χ1) is 22.0. The van der Waals surface area contributed by atoms with E-state index in [2.05, 4.69) is 20.1 Å². The Morgan fingerprint density at radius 3 is 2.48 bits per heavy atom. The summed E-state index contributed by atoms with van der Waals surface area (Å²) >= 11 is 6.40. The van der Waals surface area contributed by atoms with Gasteiger partial charge in [-0.2, -0.15) is 5.10 Å². The zero-order chi connectivity index (χ0) is 32.6. The van der Waals surface area contributed by atoms with Crippen molar-refractivity contribution in [3.05, 3.63) is 100 Å². The molecule has 3 aromatic heterocycles. The molecule has 0 fully saturated rings. The van der Waals surface area contributed by atoms with Gasteiger partial charge in [0.1, 0.15) is 0 Å². The van der Waals surface area contributed by atoms with E-state index in [1.54, 1.807) is 58.0 Å². The van der Waals surface area contributed by atoms with Crippen LogP contribution in [0, 0.1) is 5.92 Å². The zero-order valence-corrected chi connectivity index (χ0v) is 27.0. The lowest BCUT2D eigenvalue weighted by Crippen LogP contribution is -2.27. The molecular weight excluding hydrogens is 626 g/mol. The van der Waals surface area contributed by atoms with Crippen LogP contribution in [0.2, 0.25) is 5.02 Å². The highest BCUT2D eigenvalue weighted by Crippen LogP contribution is 2.35. The van der Waals surface area contributed by atoms with E-state index in [0.29, 0.717) is 52.6 Å². The molecule has 236 valence electrons. The summed E-state index contributed by atoms with van der Waals surface area (Å²) in [6.07, 6.45) is 7.86. The number of sulfonamides is 1. The SMILES string of the molecule is CC1CCCC(n2cnc(-c3cc(Cl)ccc3-c3ccc(NS(C)(=O)=O)cc3)cc2=O)c2cc(ccn2)-c2c(cnn2C)NC1=O. The maximum atomic E-state index is 13.8. The number of rotatable bonds is 5. The van der Waals surface area contributed by atoms with Gasteiger partial charge in [0.25, 0.3) is 5.56 Å². The number of benzene rings is 2. The Morgan fingerprint density at radius 2 is 1.74 bits per heavy atom. The molecule has 11 nitrogen and oxygen atoms in total. The maximum Gasteiger partial charge on any atom is 0.254 e. The molecule has 1 aliphatic heterocycles. The summed E-state index contributed by atoms with van der Waals surface area (Å²) in [5, 5.41) is 7.86. The molecule has 4 heterocycles. The number of hydrogen-bond acceptors (Lipinski definition) is 7. The third kappa shape index (κ3) is 6.58. The number of pyridine rings is 1. The van der Waals surface area contributed by atoms with E-state index < -0.39 is 16.1 Å². The van der Waals surface area contributed by atoms with E-state index in [0.717, 1.165) is 28.6 Å². The second-order valence-corrected chi connectivity index (χ2v) is 13.7. The van der Waals surface area contributed by atoms with Gasteiger partial charge in [0.05, 0.1) is 47.6 Å². The lowest BCUT2D eigenvalue weighted by Gasteiger charge is -2.22. The van der Waals surface area contributed by atoms with E-state index in [9.17, 15) is 18.0 Å². The number of hydrogen-bond donors (Lipinski definition) is 2. The van der Waals surface area contributed by atoms with Gasteiger partial charge in [0, 0.05) is 47.1 Å². The largest absolute Gasteiger partial charge is 0.323 e. The molecule has 46 heavy (non-hydrogen) atoms. The van der Waals surface area contributed by atoms with Gasteiger partial charge in [-0.3, -0.25) is 28.5 Å². The zero-order valence-electron chi connectivity index (χ0n) is 25.4. The molecule has 1 aliphatic rings. The van der Waals surface area contributed by atoms with Crippen molar-refractivity contribution in [2.24, 2.45) is 13.0 Å². The van der Waals surface area contributed by atoms with Crippen molar-refractivity contribution >= 4 is 38.9 Å². The number of anilines is 2. The molecule has 2 atom stereocenters. The fourth-order valence-corrected chi connectivity index (χ4v) is 6.52. The van der Waals surface area contributed by atoms with Crippen molar-refractivity contribution in [3.8, 4) is 33.6 Å². The van der Waals surface area contributed by atoms with Crippen LogP contribution in [-0.4, -0.2) is 44.9 Å². The monoisotopic (exact) mass is 657 g/mol. The van der Waals surface area contributed by atoms with Crippen LogP contribution in [0.1, 0.15) is 37.9 Å². The van der Waals surface area contributed by atoms with Crippen molar-refractivity contribution in [3.63, 3.8) is 0 Å². The van der Waals surface area contributed by atoms with Crippen molar-refractivity contribution in [2.75, 3.05) is 16.3 Å². The molecule has 0 spiro atoms. The molecule has 2 unspecified atom stereocenters. The number of nitrogens with one attached hydrogen (secondary N) is 2. The molecule has 6 rings (SSSR count). The van der Waals surface area contributed by atoms with E-state index in [-0.39, 0.29) is 17.4 Å². The number of carbonyl (C=O) groups is 1. The van der Waals surface area contributed by atoms with Crippen molar-refractivity contribution in [1.82, 2.24) is 24.3 Å². The van der Waals surface area contributed by atoms with Crippen LogP contribution in [-0.2, 0) is 21.9 Å². The molecule has 2 N–H and O–H groups in total. The van der Waals surface area contributed by atoms with Gasteiger partial charge < -0.3 is 5.32 Å². The minimum Gasteiger partial charge on any atom is -0.323 e. The molecule has 0 aliphatic carbocycles. The van der Waals surface area contributed by atoms with Crippen LogP contribution in [0.3, 0.4) is 0 Å². The van der Waals surface area contributed by atoms with E-state index in [1.807, 2.05) is 32.2 Å². The second kappa shape index (κ2) is 12.5. The Balaban J connectivity index is 1.39. The number of aryl methyl sites for hydroxylation is 1. The van der Waals surface area contributed by atoms with Gasteiger partial charge in [-0.1, -0.05) is 43.1 Å². The third-order valence-electron chi connectivity index (χ3n) is 8.08. The highest BCUT2D eigenvalue weighted by Gasteiger charge is 2.24. The topological polar surface area (TPSA) is 141 Å². The molecule has 0 saturated heterocycles. The first-order valence-electron chi connectivity index (χ1n) is 14.7. The van der Waals surface area contributed by atoms with Crippen LogP contribution in [0.25, 0.3) is 33.6 Å². The Kier molecular flexibility index (Phi) is 8.49.